The molecule has 0 radical (unpaired) electrons. The standard InChI is InChI=1S/C16H21NO4/c1-11(13(3)18)9-15(19)12(2)17-16(20)21-10-14-7-5-4-6-8-14/h4-8,12,15,19H,1,9-10H2,2-3H3,(H,17,20)/t12-,15-/m0/s1. The van der Waals surface area contributed by atoms with E-state index in [1.54, 1.807) is 6.92 Å². The first kappa shape index (κ1) is 16.9. The van der Waals surface area contributed by atoms with E-state index in [1.165, 1.54) is 6.92 Å². The van der Waals surface area contributed by atoms with Gasteiger partial charge in [-0.25, -0.2) is 4.79 Å². The molecule has 0 aliphatic heterocycles. The number of amides is 1. The highest BCUT2D eigenvalue weighted by Crippen LogP contribution is 2.08. The Kier molecular flexibility index (Phi) is 6.62. The van der Waals surface area contributed by atoms with E-state index in [-0.39, 0.29) is 18.8 Å². The molecule has 0 bridgehead atoms. The second-order valence-corrected chi connectivity index (χ2v) is 4.93. The summed E-state index contributed by atoms with van der Waals surface area (Å²) >= 11 is 0. The predicted octanol–water partition coefficient (Wildman–Crippen LogP) is 2.20. The lowest BCUT2D eigenvalue weighted by Crippen LogP contribution is -2.41. The Hall–Kier alpha value is -2.14. The molecule has 1 aromatic rings. The molecular formula is C16H21NO4. The Balaban J connectivity index is 2.36. The van der Waals surface area contributed by atoms with Gasteiger partial charge in [-0.1, -0.05) is 36.9 Å². The second kappa shape index (κ2) is 8.21. The second-order valence-electron chi connectivity index (χ2n) is 4.93. The van der Waals surface area contributed by atoms with Crippen molar-refractivity contribution >= 4 is 11.9 Å². The summed E-state index contributed by atoms with van der Waals surface area (Å²) in [5.41, 5.74) is 1.21. The number of alkyl carbamates (subject to hydrolysis) is 1. The highest BCUT2D eigenvalue weighted by atomic mass is 16.5. The average Bonchev–Trinajstić information content (AvgIpc) is 2.45. The fraction of sp³-hybridized carbons (Fsp3) is 0.375. The van der Waals surface area contributed by atoms with E-state index in [0.29, 0.717) is 5.57 Å². The van der Waals surface area contributed by atoms with Crippen molar-refractivity contribution in [3.8, 4) is 0 Å². The SMILES string of the molecule is C=C(C[C@H](O)[C@H](C)NC(=O)OCc1ccccc1)C(C)=O. The van der Waals surface area contributed by atoms with Crippen LogP contribution in [0.3, 0.4) is 0 Å². The van der Waals surface area contributed by atoms with E-state index < -0.39 is 18.2 Å². The van der Waals surface area contributed by atoms with Crippen molar-refractivity contribution in [3.05, 3.63) is 48.0 Å². The van der Waals surface area contributed by atoms with Gasteiger partial charge in [-0.3, -0.25) is 4.79 Å². The number of aliphatic hydroxyl groups is 1. The van der Waals surface area contributed by atoms with Gasteiger partial charge in [-0.05, 0) is 25.0 Å². The fourth-order valence-corrected chi connectivity index (χ4v) is 1.62. The number of benzene rings is 1. The van der Waals surface area contributed by atoms with Crippen molar-refractivity contribution in [2.45, 2.75) is 39.0 Å². The Bertz CT molecular complexity index is 498. The first-order chi connectivity index (χ1) is 9.90. The molecule has 2 N–H and O–H groups in total. The molecule has 0 heterocycles. The number of Topliss-reactive ketones (excluding diaryl/α,β-unsaturated/α-hetero) is 1. The van der Waals surface area contributed by atoms with Crippen LogP contribution in [0.5, 0.6) is 0 Å². The lowest BCUT2D eigenvalue weighted by atomic mass is 10.0. The van der Waals surface area contributed by atoms with Gasteiger partial charge < -0.3 is 15.2 Å². The highest BCUT2D eigenvalue weighted by molar-refractivity contribution is 5.92. The molecule has 0 unspecified atom stereocenters. The minimum Gasteiger partial charge on any atom is -0.445 e. The molecule has 0 spiro atoms. The molecule has 5 heteroatoms. The summed E-state index contributed by atoms with van der Waals surface area (Å²) in [6.07, 6.45) is -1.38. The van der Waals surface area contributed by atoms with Gasteiger partial charge >= 0.3 is 6.09 Å². The Morgan fingerprint density at radius 3 is 2.52 bits per heavy atom. The van der Waals surface area contributed by atoms with Crippen molar-refractivity contribution < 1.29 is 19.4 Å². The summed E-state index contributed by atoms with van der Waals surface area (Å²) < 4.78 is 5.05. The molecule has 0 saturated heterocycles. The summed E-state index contributed by atoms with van der Waals surface area (Å²) in [6, 6.07) is 8.76. The van der Waals surface area contributed by atoms with Crippen LogP contribution in [0.25, 0.3) is 0 Å². The number of carbonyl (C=O) groups excluding carboxylic acids is 2. The largest absolute Gasteiger partial charge is 0.445 e. The number of ketones is 1. The third kappa shape index (κ3) is 6.23. The van der Waals surface area contributed by atoms with Gasteiger partial charge in [-0.15, -0.1) is 0 Å². The molecule has 0 saturated carbocycles. The van der Waals surface area contributed by atoms with Crippen molar-refractivity contribution in [2.24, 2.45) is 0 Å². The number of nitrogens with one attached hydrogen (secondary N) is 1. The highest BCUT2D eigenvalue weighted by Gasteiger charge is 2.19. The Morgan fingerprint density at radius 2 is 1.95 bits per heavy atom. The zero-order chi connectivity index (χ0) is 15.8. The monoisotopic (exact) mass is 291 g/mol. The Morgan fingerprint density at radius 1 is 1.33 bits per heavy atom. The van der Waals surface area contributed by atoms with Gasteiger partial charge in [0.25, 0.3) is 0 Å². The van der Waals surface area contributed by atoms with Gasteiger partial charge in [-0.2, -0.15) is 0 Å². The van der Waals surface area contributed by atoms with E-state index in [9.17, 15) is 14.7 Å². The molecule has 1 amide bonds. The minimum atomic E-state index is -0.884. The number of ether oxygens (including phenoxy) is 1. The number of hydrogen-bond acceptors (Lipinski definition) is 4. The van der Waals surface area contributed by atoms with Gasteiger partial charge in [0.1, 0.15) is 6.61 Å². The van der Waals surface area contributed by atoms with Crippen molar-refractivity contribution in [1.82, 2.24) is 5.32 Å². The van der Waals surface area contributed by atoms with Crippen molar-refractivity contribution in [2.75, 3.05) is 0 Å². The van der Waals surface area contributed by atoms with E-state index >= 15 is 0 Å². The molecule has 114 valence electrons. The van der Waals surface area contributed by atoms with Gasteiger partial charge in [0.2, 0.25) is 0 Å². The van der Waals surface area contributed by atoms with Crippen molar-refractivity contribution in [3.63, 3.8) is 0 Å². The smallest absolute Gasteiger partial charge is 0.407 e. The normalized spacial score (nSPS) is 13.1. The van der Waals surface area contributed by atoms with Crippen LogP contribution >= 0.6 is 0 Å². The fourth-order valence-electron chi connectivity index (χ4n) is 1.62. The maximum atomic E-state index is 11.6. The zero-order valence-corrected chi connectivity index (χ0v) is 12.3. The van der Waals surface area contributed by atoms with Crippen LogP contribution in [0.4, 0.5) is 4.79 Å². The molecule has 0 fully saturated rings. The van der Waals surface area contributed by atoms with E-state index in [0.717, 1.165) is 5.56 Å². The first-order valence-electron chi connectivity index (χ1n) is 6.74. The topological polar surface area (TPSA) is 75.6 Å². The van der Waals surface area contributed by atoms with Crippen LogP contribution in [0.2, 0.25) is 0 Å². The van der Waals surface area contributed by atoms with Gasteiger partial charge in [0, 0.05) is 6.42 Å². The van der Waals surface area contributed by atoms with Crippen molar-refractivity contribution in [1.29, 1.82) is 0 Å². The molecule has 2 atom stereocenters. The maximum absolute atomic E-state index is 11.6. The third-order valence-corrected chi connectivity index (χ3v) is 3.09. The molecule has 0 aliphatic rings. The number of carbonyl (C=O) groups is 2. The lowest BCUT2D eigenvalue weighted by Gasteiger charge is -2.20. The summed E-state index contributed by atoms with van der Waals surface area (Å²) in [4.78, 5) is 22.7. The van der Waals surface area contributed by atoms with Crippen LogP contribution in [0, 0.1) is 0 Å². The summed E-state index contributed by atoms with van der Waals surface area (Å²) in [6.45, 7) is 6.77. The van der Waals surface area contributed by atoms with Crippen LogP contribution in [0.1, 0.15) is 25.8 Å². The lowest BCUT2D eigenvalue weighted by molar-refractivity contribution is -0.114. The molecule has 1 rings (SSSR count). The number of hydrogen-bond donors (Lipinski definition) is 2. The van der Waals surface area contributed by atoms with Crippen LogP contribution in [-0.2, 0) is 16.1 Å². The predicted molar refractivity (Wildman–Crippen MR) is 79.7 cm³/mol. The average molecular weight is 291 g/mol. The summed E-state index contributed by atoms with van der Waals surface area (Å²) in [5.74, 6) is -0.173. The summed E-state index contributed by atoms with van der Waals surface area (Å²) in [5, 5.41) is 12.4. The summed E-state index contributed by atoms with van der Waals surface area (Å²) in [7, 11) is 0. The molecule has 0 aromatic heterocycles. The van der Waals surface area contributed by atoms with E-state index in [4.69, 9.17) is 4.74 Å². The van der Waals surface area contributed by atoms with E-state index in [1.807, 2.05) is 30.3 Å². The number of aliphatic hydroxyl groups excluding tert-OH is 1. The third-order valence-electron chi connectivity index (χ3n) is 3.09. The quantitative estimate of drug-likeness (QED) is 0.755. The first-order valence-corrected chi connectivity index (χ1v) is 6.74. The molecule has 5 nitrogen and oxygen atoms in total. The molecule has 21 heavy (non-hydrogen) atoms. The molecular weight excluding hydrogens is 270 g/mol. The van der Waals surface area contributed by atoms with Crippen LogP contribution in [0.15, 0.2) is 42.5 Å². The van der Waals surface area contributed by atoms with Crippen LogP contribution in [-0.4, -0.2) is 29.1 Å². The maximum Gasteiger partial charge on any atom is 0.407 e. The molecule has 1 aromatic carbocycles. The molecule has 0 aliphatic carbocycles. The number of rotatable bonds is 7. The minimum absolute atomic E-state index is 0.121. The van der Waals surface area contributed by atoms with Gasteiger partial charge in [0.05, 0.1) is 12.1 Å². The Labute approximate surface area is 124 Å². The van der Waals surface area contributed by atoms with Crippen LogP contribution < -0.4 is 5.32 Å². The van der Waals surface area contributed by atoms with Gasteiger partial charge in [0.15, 0.2) is 5.78 Å². The van der Waals surface area contributed by atoms with E-state index in [2.05, 4.69) is 11.9 Å². The zero-order valence-electron chi connectivity index (χ0n) is 12.3.